The average molecular weight is 338 g/mol. The Hall–Kier alpha value is -0.650. The molecular weight excluding hydrogens is 323 g/mol. The van der Waals surface area contributed by atoms with E-state index in [1.54, 1.807) is 12.1 Å². The van der Waals surface area contributed by atoms with Crippen molar-refractivity contribution >= 4 is 39.9 Å². The van der Waals surface area contributed by atoms with E-state index in [1.807, 2.05) is 0 Å². The summed E-state index contributed by atoms with van der Waals surface area (Å²) in [5, 5.41) is 5.95. The Bertz CT molecular complexity index is 425. The number of rotatable bonds is 2. The van der Waals surface area contributed by atoms with Crippen molar-refractivity contribution in [1.29, 1.82) is 0 Å². The van der Waals surface area contributed by atoms with Gasteiger partial charge >= 0.3 is 0 Å². The first-order valence-electron chi connectivity index (χ1n) is 5.66. The van der Waals surface area contributed by atoms with Gasteiger partial charge in [-0.25, -0.2) is 4.39 Å². The summed E-state index contributed by atoms with van der Waals surface area (Å²) in [4.78, 5) is 11.9. The van der Waals surface area contributed by atoms with Crippen LogP contribution < -0.4 is 10.6 Å². The Morgan fingerprint density at radius 3 is 2.83 bits per heavy atom. The van der Waals surface area contributed by atoms with E-state index in [2.05, 4.69) is 26.6 Å². The minimum atomic E-state index is -0.334. The van der Waals surface area contributed by atoms with Gasteiger partial charge in [-0.05, 0) is 53.5 Å². The highest BCUT2D eigenvalue weighted by Crippen LogP contribution is 2.20. The predicted molar refractivity (Wildman–Crippen MR) is 75.6 cm³/mol. The fourth-order valence-electron chi connectivity index (χ4n) is 1.88. The third-order valence-corrected chi connectivity index (χ3v) is 3.42. The summed E-state index contributed by atoms with van der Waals surface area (Å²) in [6.45, 7) is 0.880. The molecule has 0 aromatic heterocycles. The number of carbonyl (C=O) groups is 1. The molecule has 2 N–H and O–H groups in total. The van der Waals surface area contributed by atoms with Crippen LogP contribution in [0.25, 0.3) is 0 Å². The summed E-state index contributed by atoms with van der Waals surface area (Å²) in [6, 6.07) is 4.32. The molecule has 100 valence electrons. The van der Waals surface area contributed by atoms with Crippen molar-refractivity contribution in [2.75, 3.05) is 11.9 Å². The molecule has 1 aromatic rings. The van der Waals surface area contributed by atoms with Gasteiger partial charge in [-0.15, -0.1) is 12.4 Å². The van der Waals surface area contributed by atoms with E-state index in [-0.39, 0.29) is 30.2 Å². The zero-order valence-electron chi connectivity index (χ0n) is 9.71. The second-order valence-corrected chi connectivity index (χ2v) is 4.97. The molecule has 6 heteroatoms. The van der Waals surface area contributed by atoms with Crippen LogP contribution in [-0.4, -0.2) is 18.5 Å². The fraction of sp³-hybridized carbons (Fsp3) is 0.417. The highest BCUT2D eigenvalue weighted by atomic mass is 79.9. The van der Waals surface area contributed by atoms with E-state index in [0.717, 1.165) is 25.8 Å². The molecule has 0 bridgehead atoms. The van der Waals surface area contributed by atoms with Gasteiger partial charge in [-0.3, -0.25) is 4.79 Å². The largest absolute Gasteiger partial charge is 0.325 e. The molecule has 1 heterocycles. The van der Waals surface area contributed by atoms with E-state index < -0.39 is 0 Å². The fourth-order valence-corrected chi connectivity index (χ4v) is 2.26. The van der Waals surface area contributed by atoms with Gasteiger partial charge in [0, 0.05) is 5.69 Å². The van der Waals surface area contributed by atoms with Gasteiger partial charge in [0.25, 0.3) is 0 Å². The van der Waals surface area contributed by atoms with Gasteiger partial charge in [-0.1, -0.05) is 6.42 Å². The van der Waals surface area contributed by atoms with Gasteiger partial charge in [0.05, 0.1) is 10.5 Å². The van der Waals surface area contributed by atoms with Crippen LogP contribution in [0.1, 0.15) is 19.3 Å². The van der Waals surface area contributed by atoms with Gasteiger partial charge in [0.2, 0.25) is 5.91 Å². The lowest BCUT2D eigenvalue weighted by Crippen LogP contribution is -2.43. The smallest absolute Gasteiger partial charge is 0.241 e. The molecule has 1 aliphatic heterocycles. The molecule has 0 spiro atoms. The lowest BCUT2D eigenvalue weighted by Gasteiger charge is -2.22. The predicted octanol–water partition coefficient (Wildman–Crippen LogP) is 3.09. The van der Waals surface area contributed by atoms with E-state index in [0.29, 0.717) is 10.2 Å². The Morgan fingerprint density at radius 1 is 1.44 bits per heavy atom. The second kappa shape index (κ2) is 7.07. The van der Waals surface area contributed by atoms with Crippen LogP contribution in [0.15, 0.2) is 22.7 Å². The maximum atomic E-state index is 13.0. The summed E-state index contributed by atoms with van der Waals surface area (Å²) in [6.07, 6.45) is 3.04. The van der Waals surface area contributed by atoms with E-state index in [4.69, 9.17) is 0 Å². The maximum Gasteiger partial charge on any atom is 0.241 e. The Morgan fingerprint density at radius 2 is 2.22 bits per heavy atom. The number of amides is 1. The molecule has 1 saturated heterocycles. The molecular formula is C12H15BrClFN2O. The first kappa shape index (κ1) is 15.4. The van der Waals surface area contributed by atoms with E-state index in [1.165, 1.54) is 6.07 Å². The topological polar surface area (TPSA) is 41.1 Å². The van der Waals surface area contributed by atoms with Crippen molar-refractivity contribution < 1.29 is 9.18 Å². The lowest BCUT2D eigenvalue weighted by atomic mass is 10.0. The van der Waals surface area contributed by atoms with Crippen LogP contribution in [0.3, 0.4) is 0 Å². The molecule has 1 aromatic carbocycles. The molecule has 0 unspecified atom stereocenters. The number of halogens is 3. The molecule has 3 nitrogen and oxygen atoms in total. The number of benzene rings is 1. The van der Waals surface area contributed by atoms with Crippen molar-refractivity contribution in [3.63, 3.8) is 0 Å². The highest BCUT2D eigenvalue weighted by Gasteiger charge is 2.20. The van der Waals surface area contributed by atoms with Crippen molar-refractivity contribution in [2.24, 2.45) is 0 Å². The van der Waals surface area contributed by atoms with Gasteiger partial charge in [0.15, 0.2) is 0 Å². The number of nitrogens with one attached hydrogen (secondary N) is 2. The summed E-state index contributed by atoms with van der Waals surface area (Å²) < 4.78 is 13.4. The SMILES string of the molecule is Cl.O=C(Nc1ccc(F)c(Br)c1)[C@@H]1CCCCN1. The van der Waals surface area contributed by atoms with Crippen LogP contribution in [0.2, 0.25) is 0 Å². The van der Waals surface area contributed by atoms with E-state index in [9.17, 15) is 9.18 Å². The van der Waals surface area contributed by atoms with Crippen LogP contribution >= 0.6 is 28.3 Å². The highest BCUT2D eigenvalue weighted by molar-refractivity contribution is 9.10. The van der Waals surface area contributed by atoms with Gasteiger partial charge < -0.3 is 10.6 Å². The average Bonchev–Trinajstić information content (AvgIpc) is 2.35. The molecule has 1 fully saturated rings. The number of hydrogen-bond acceptors (Lipinski definition) is 2. The van der Waals surface area contributed by atoms with Crippen LogP contribution in [-0.2, 0) is 4.79 Å². The Labute approximate surface area is 120 Å². The summed E-state index contributed by atoms with van der Waals surface area (Å²) in [5.41, 5.74) is 0.607. The normalized spacial score (nSPS) is 18.9. The summed E-state index contributed by atoms with van der Waals surface area (Å²) in [5.74, 6) is -0.387. The van der Waals surface area contributed by atoms with E-state index >= 15 is 0 Å². The zero-order valence-corrected chi connectivity index (χ0v) is 12.1. The lowest BCUT2D eigenvalue weighted by molar-refractivity contribution is -0.118. The third-order valence-electron chi connectivity index (χ3n) is 2.81. The molecule has 18 heavy (non-hydrogen) atoms. The number of carbonyl (C=O) groups excluding carboxylic acids is 1. The second-order valence-electron chi connectivity index (χ2n) is 4.12. The van der Waals surface area contributed by atoms with Crippen molar-refractivity contribution in [3.8, 4) is 0 Å². The van der Waals surface area contributed by atoms with Crippen LogP contribution in [0.5, 0.6) is 0 Å². The minimum absolute atomic E-state index is 0. The molecule has 1 atom stereocenters. The minimum Gasteiger partial charge on any atom is -0.325 e. The quantitative estimate of drug-likeness (QED) is 0.871. The Balaban J connectivity index is 0.00000162. The molecule has 1 aliphatic rings. The van der Waals surface area contributed by atoms with Crippen molar-refractivity contribution in [1.82, 2.24) is 5.32 Å². The van der Waals surface area contributed by atoms with Crippen molar-refractivity contribution in [2.45, 2.75) is 25.3 Å². The molecule has 0 aliphatic carbocycles. The molecule has 0 saturated carbocycles. The molecule has 2 rings (SSSR count). The third kappa shape index (κ3) is 3.93. The summed E-state index contributed by atoms with van der Waals surface area (Å²) >= 11 is 3.09. The van der Waals surface area contributed by atoms with Gasteiger partial charge in [0.1, 0.15) is 5.82 Å². The number of hydrogen-bond donors (Lipinski definition) is 2. The maximum absolute atomic E-state index is 13.0. The summed E-state index contributed by atoms with van der Waals surface area (Å²) in [7, 11) is 0. The first-order chi connectivity index (χ1) is 8.16. The van der Waals surface area contributed by atoms with Gasteiger partial charge in [-0.2, -0.15) is 0 Å². The number of piperidine rings is 1. The monoisotopic (exact) mass is 336 g/mol. The molecule has 0 radical (unpaired) electrons. The van der Waals surface area contributed by atoms with Crippen LogP contribution in [0.4, 0.5) is 10.1 Å². The van der Waals surface area contributed by atoms with Crippen molar-refractivity contribution in [3.05, 3.63) is 28.5 Å². The Kier molecular flexibility index (Phi) is 6.05. The zero-order chi connectivity index (χ0) is 12.3. The molecule has 1 amide bonds. The number of anilines is 1. The first-order valence-corrected chi connectivity index (χ1v) is 6.45. The van der Waals surface area contributed by atoms with Crippen LogP contribution in [0, 0.1) is 5.82 Å². The standard InChI is InChI=1S/C12H14BrFN2O.ClH/c13-9-7-8(4-5-10(9)14)16-12(17)11-3-1-2-6-15-11;/h4-5,7,11,15H,1-3,6H2,(H,16,17);1H/t11-;/m0./s1.